The van der Waals surface area contributed by atoms with Crippen LogP contribution >= 0.6 is 0 Å². The predicted octanol–water partition coefficient (Wildman–Crippen LogP) is 1.63. The van der Waals surface area contributed by atoms with E-state index in [2.05, 4.69) is 45.6 Å². The van der Waals surface area contributed by atoms with E-state index in [-0.39, 0.29) is 35.2 Å². The minimum Gasteiger partial charge on any atom is -0.365 e. The molecule has 0 aromatic rings. The van der Waals surface area contributed by atoms with Gasteiger partial charge in [0.2, 0.25) is 5.91 Å². The van der Waals surface area contributed by atoms with Crippen LogP contribution in [-0.4, -0.2) is 79.3 Å². The number of piperazine rings is 1. The molecule has 2 aliphatic rings. The maximum Gasteiger partial charge on any atom is 0.251 e. The molecule has 2 rings (SSSR count). The van der Waals surface area contributed by atoms with Crippen LogP contribution < -0.4 is 16.0 Å². The molecular weight excluding hydrogens is 423 g/mol. The van der Waals surface area contributed by atoms with Crippen LogP contribution in [0.25, 0.3) is 0 Å². The summed E-state index contributed by atoms with van der Waals surface area (Å²) in [7, 11) is 1.48. The largest absolute Gasteiger partial charge is 0.365 e. The molecule has 0 aromatic carbocycles. The van der Waals surface area contributed by atoms with Crippen molar-refractivity contribution in [2.24, 2.45) is 4.99 Å². The molecule has 9 heteroatoms. The summed E-state index contributed by atoms with van der Waals surface area (Å²) in [6.07, 6.45) is 4.69. The summed E-state index contributed by atoms with van der Waals surface area (Å²) in [6, 6.07) is -0.451. The zero-order valence-corrected chi connectivity index (χ0v) is 19.8. The van der Waals surface area contributed by atoms with Crippen molar-refractivity contribution >= 4 is 17.6 Å². The number of halogens is 1. The molecular formula is C24H35FN6O2. The molecule has 0 aromatic heterocycles. The molecule has 1 saturated heterocycles. The van der Waals surface area contributed by atoms with Crippen molar-refractivity contribution in [3.05, 3.63) is 60.8 Å². The lowest BCUT2D eigenvalue weighted by Gasteiger charge is -2.35. The first kappa shape index (κ1) is 26.1. The summed E-state index contributed by atoms with van der Waals surface area (Å²) in [5, 5.41) is 8.41. The van der Waals surface area contributed by atoms with E-state index in [1.165, 1.54) is 25.5 Å². The third-order valence-electron chi connectivity index (χ3n) is 5.66. The number of nitrogens with one attached hydrogen (secondary N) is 3. The smallest absolute Gasteiger partial charge is 0.251 e. The second-order valence-corrected chi connectivity index (χ2v) is 8.10. The van der Waals surface area contributed by atoms with Crippen molar-refractivity contribution < 1.29 is 14.0 Å². The van der Waals surface area contributed by atoms with Gasteiger partial charge in [-0.25, -0.2) is 9.38 Å². The highest BCUT2D eigenvalue weighted by Crippen LogP contribution is 2.35. The lowest BCUT2D eigenvalue weighted by molar-refractivity contribution is -0.117. The number of amidine groups is 1. The molecule has 2 amide bonds. The van der Waals surface area contributed by atoms with Gasteiger partial charge in [0.15, 0.2) is 0 Å². The Balaban J connectivity index is 2.38. The van der Waals surface area contributed by atoms with Gasteiger partial charge in [-0.05, 0) is 13.8 Å². The number of amides is 2. The predicted molar refractivity (Wildman–Crippen MR) is 130 cm³/mol. The summed E-state index contributed by atoms with van der Waals surface area (Å²) in [6.45, 7) is 18.3. The molecule has 2 aliphatic heterocycles. The summed E-state index contributed by atoms with van der Waals surface area (Å²) in [4.78, 5) is 33.2. The van der Waals surface area contributed by atoms with Crippen LogP contribution in [-0.2, 0) is 9.59 Å². The zero-order valence-electron chi connectivity index (χ0n) is 19.8. The van der Waals surface area contributed by atoms with Gasteiger partial charge in [-0.1, -0.05) is 25.8 Å². The SMILES string of the molecule is C=C/N=C(\CC1/C(=C(\C=C)C(=O)NCC(=C)C(=O)NC)C(F)=CN1C(C)C)N1CCNCC1. The highest BCUT2D eigenvalue weighted by atomic mass is 19.1. The lowest BCUT2D eigenvalue weighted by Crippen LogP contribution is -2.48. The van der Waals surface area contributed by atoms with Gasteiger partial charge < -0.3 is 25.8 Å². The lowest BCUT2D eigenvalue weighted by atomic mass is 9.96. The van der Waals surface area contributed by atoms with Crippen LogP contribution in [0.15, 0.2) is 65.8 Å². The standard InChI is InChI=1S/C24H35FN6O2/c1-7-18(24(33)29-14-17(5)23(32)26-6)22-19(25)15-31(16(3)4)20(22)13-21(28-8-2)30-11-9-27-10-12-30/h7-8,15-16,20,27H,1-2,5,9-14H2,3-4,6H3,(H,26,32)(H,29,33)/b22-18+,28-21+. The molecule has 0 spiro atoms. The van der Waals surface area contributed by atoms with Gasteiger partial charge in [0, 0.05) is 81.4 Å². The molecule has 0 radical (unpaired) electrons. The van der Waals surface area contributed by atoms with Gasteiger partial charge in [-0.3, -0.25) is 9.59 Å². The first-order chi connectivity index (χ1) is 15.7. The average Bonchev–Trinajstić information content (AvgIpc) is 3.13. The fraction of sp³-hybridized carbons (Fsp3) is 0.458. The van der Waals surface area contributed by atoms with Gasteiger partial charge in [-0.15, -0.1) is 0 Å². The fourth-order valence-electron chi connectivity index (χ4n) is 3.95. The molecule has 3 N–H and O–H groups in total. The number of hydrogen-bond acceptors (Lipinski definition) is 5. The van der Waals surface area contributed by atoms with Crippen molar-refractivity contribution in [1.29, 1.82) is 0 Å². The van der Waals surface area contributed by atoms with Gasteiger partial charge in [-0.2, -0.15) is 0 Å². The van der Waals surface area contributed by atoms with Crippen molar-refractivity contribution in [3.63, 3.8) is 0 Å². The van der Waals surface area contributed by atoms with E-state index in [0.717, 1.165) is 32.0 Å². The number of carbonyl (C=O) groups excluding carboxylic acids is 2. The number of carbonyl (C=O) groups is 2. The normalized spacial score (nSPS) is 20.3. The Labute approximate surface area is 195 Å². The van der Waals surface area contributed by atoms with Gasteiger partial charge >= 0.3 is 0 Å². The van der Waals surface area contributed by atoms with Crippen LogP contribution in [0.2, 0.25) is 0 Å². The van der Waals surface area contributed by atoms with E-state index < -0.39 is 17.8 Å². The maximum atomic E-state index is 15.3. The average molecular weight is 459 g/mol. The summed E-state index contributed by atoms with van der Waals surface area (Å²) in [5.74, 6) is -0.587. The third kappa shape index (κ3) is 6.41. The van der Waals surface area contributed by atoms with Crippen molar-refractivity contribution in [2.45, 2.75) is 32.4 Å². The molecule has 0 aliphatic carbocycles. The Morgan fingerprint density at radius 3 is 2.52 bits per heavy atom. The van der Waals surface area contributed by atoms with E-state index in [1.54, 1.807) is 0 Å². The first-order valence-electron chi connectivity index (χ1n) is 11.1. The summed E-state index contributed by atoms with van der Waals surface area (Å²) < 4.78 is 15.3. The zero-order chi connectivity index (χ0) is 24.5. The van der Waals surface area contributed by atoms with Crippen LogP contribution in [0.3, 0.4) is 0 Å². The molecule has 0 saturated carbocycles. The van der Waals surface area contributed by atoms with Gasteiger partial charge in [0.05, 0.1) is 6.04 Å². The number of rotatable bonds is 9. The molecule has 33 heavy (non-hydrogen) atoms. The molecule has 1 fully saturated rings. The molecule has 2 heterocycles. The van der Waals surface area contributed by atoms with Crippen molar-refractivity contribution in [1.82, 2.24) is 25.8 Å². The molecule has 1 atom stereocenters. The van der Waals surface area contributed by atoms with Crippen molar-refractivity contribution in [2.75, 3.05) is 39.8 Å². The quantitative estimate of drug-likeness (QED) is 0.278. The first-order valence-corrected chi connectivity index (χ1v) is 11.1. The van der Waals surface area contributed by atoms with E-state index in [1.807, 2.05) is 18.7 Å². The minimum atomic E-state index is -0.520. The van der Waals surface area contributed by atoms with Crippen LogP contribution in [0.5, 0.6) is 0 Å². The second kappa shape index (κ2) is 12.2. The molecule has 8 nitrogen and oxygen atoms in total. The number of likely N-dealkylation sites (N-methyl/N-ethyl adjacent to an activating group) is 1. The summed E-state index contributed by atoms with van der Waals surface area (Å²) >= 11 is 0. The number of aliphatic imine (C=N–C) groups is 1. The second-order valence-electron chi connectivity index (χ2n) is 8.10. The Hall–Kier alpha value is -3.20. The third-order valence-corrected chi connectivity index (χ3v) is 5.66. The van der Waals surface area contributed by atoms with E-state index in [4.69, 9.17) is 0 Å². The molecule has 180 valence electrons. The molecule has 1 unspecified atom stereocenters. The highest BCUT2D eigenvalue weighted by Gasteiger charge is 2.37. The Kier molecular flexibility index (Phi) is 9.59. The van der Waals surface area contributed by atoms with E-state index >= 15 is 4.39 Å². The summed E-state index contributed by atoms with van der Waals surface area (Å²) in [5.41, 5.74) is 0.578. The van der Waals surface area contributed by atoms with Crippen LogP contribution in [0.4, 0.5) is 4.39 Å². The van der Waals surface area contributed by atoms with Gasteiger partial charge in [0.1, 0.15) is 11.7 Å². The monoisotopic (exact) mass is 458 g/mol. The Morgan fingerprint density at radius 1 is 1.30 bits per heavy atom. The Bertz CT molecular complexity index is 883. The Morgan fingerprint density at radius 2 is 1.97 bits per heavy atom. The number of hydrogen-bond donors (Lipinski definition) is 3. The highest BCUT2D eigenvalue weighted by molar-refractivity contribution is 6.00. The van der Waals surface area contributed by atoms with Crippen LogP contribution in [0, 0.1) is 0 Å². The topological polar surface area (TPSA) is 89.1 Å². The fourth-order valence-corrected chi connectivity index (χ4v) is 3.95. The van der Waals surface area contributed by atoms with E-state index in [0.29, 0.717) is 6.42 Å². The number of nitrogens with zero attached hydrogens (tertiary/aromatic N) is 3. The van der Waals surface area contributed by atoms with E-state index in [9.17, 15) is 9.59 Å². The minimum absolute atomic E-state index is 0.00610. The van der Waals surface area contributed by atoms with Crippen molar-refractivity contribution in [3.8, 4) is 0 Å². The molecule has 0 bridgehead atoms. The van der Waals surface area contributed by atoms with Gasteiger partial charge in [0.25, 0.3) is 5.91 Å². The van der Waals surface area contributed by atoms with Crippen LogP contribution in [0.1, 0.15) is 20.3 Å². The maximum absolute atomic E-state index is 15.3.